The number of piperidine rings is 2. The van der Waals surface area contributed by atoms with Gasteiger partial charge in [-0.2, -0.15) is 0 Å². The maximum absolute atomic E-state index is 12.2. The van der Waals surface area contributed by atoms with Gasteiger partial charge in [-0.05, 0) is 82.2 Å². The summed E-state index contributed by atoms with van der Waals surface area (Å²) in [4.78, 5) is 28.1. The molecule has 0 bridgehead atoms. The molecule has 1 aliphatic carbocycles. The van der Waals surface area contributed by atoms with E-state index in [2.05, 4.69) is 56.6 Å². The Balaban J connectivity index is 1.18. The molecule has 1 aromatic carbocycles. The van der Waals surface area contributed by atoms with E-state index in [0.717, 1.165) is 42.8 Å². The molecular weight excluding hydrogens is 462 g/mol. The molecule has 8 nitrogen and oxygen atoms in total. The normalized spacial score (nSPS) is 23.7. The van der Waals surface area contributed by atoms with E-state index in [1.807, 2.05) is 6.20 Å². The van der Waals surface area contributed by atoms with Crippen molar-refractivity contribution in [3.63, 3.8) is 0 Å². The largest absolute Gasteiger partial charge is 0.351 e. The predicted octanol–water partition coefficient (Wildman–Crippen LogP) is 4.97. The van der Waals surface area contributed by atoms with Crippen LogP contribution in [0, 0.1) is 0 Å². The van der Waals surface area contributed by atoms with Gasteiger partial charge in [0.1, 0.15) is 5.82 Å². The average molecular weight is 506 g/mol. The number of carbonyl (C=O) groups is 1. The zero-order chi connectivity index (χ0) is 25.8. The number of urea groups is 1. The van der Waals surface area contributed by atoms with Crippen LogP contribution in [0.15, 0.2) is 36.7 Å². The number of benzene rings is 1. The van der Waals surface area contributed by atoms with E-state index in [4.69, 9.17) is 4.98 Å². The molecule has 2 saturated heterocycles. The van der Waals surface area contributed by atoms with Gasteiger partial charge in [-0.1, -0.05) is 25.0 Å². The highest BCUT2D eigenvalue weighted by molar-refractivity contribution is 5.74. The van der Waals surface area contributed by atoms with Gasteiger partial charge in [0.15, 0.2) is 5.82 Å². The number of likely N-dealkylation sites (tertiary alicyclic amines) is 1. The average Bonchev–Trinajstić information content (AvgIpc) is 3.46. The minimum atomic E-state index is -0.0528. The lowest BCUT2D eigenvalue weighted by atomic mass is 9.88. The number of hydrogen-bond acceptors (Lipinski definition) is 6. The lowest BCUT2D eigenvalue weighted by Gasteiger charge is -2.40. The quantitative estimate of drug-likeness (QED) is 0.577. The molecule has 3 aliphatic rings. The van der Waals surface area contributed by atoms with Crippen molar-refractivity contribution in [3.8, 4) is 0 Å². The summed E-state index contributed by atoms with van der Waals surface area (Å²) in [6.07, 6.45) is 13.7. The Hall–Kier alpha value is -2.87. The molecule has 1 aromatic heterocycles. The first-order chi connectivity index (χ1) is 18.0. The van der Waals surface area contributed by atoms with Crippen molar-refractivity contribution in [2.24, 2.45) is 0 Å². The lowest BCUT2D eigenvalue weighted by molar-refractivity contribution is 0.154. The number of rotatable bonds is 6. The van der Waals surface area contributed by atoms with Crippen molar-refractivity contribution in [1.82, 2.24) is 25.1 Å². The second-order valence-corrected chi connectivity index (χ2v) is 11.3. The summed E-state index contributed by atoms with van der Waals surface area (Å²) in [7, 11) is 3.54. The van der Waals surface area contributed by atoms with Crippen LogP contribution in [0.3, 0.4) is 0 Å². The summed E-state index contributed by atoms with van der Waals surface area (Å²) < 4.78 is 0. The number of nitrogens with one attached hydrogen (secondary N) is 2. The SMILES string of the molecule is C[C@@H]1[C@H](NC(=O)N(C)C)CCCN1c1cncc(Nc2ccc(C3CCN(C4CCCC4)CC3)cc2)n1. The van der Waals surface area contributed by atoms with Crippen molar-refractivity contribution in [1.29, 1.82) is 0 Å². The van der Waals surface area contributed by atoms with E-state index in [9.17, 15) is 4.79 Å². The molecule has 5 rings (SSSR count). The van der Waals surface area contributed by atoms with Crippen molar-refractivity contribution in [2.45, 2.75) is 82.3 Å². The summed E-state index contributed by atoms with van der Waals surface area (Å²) >= 11 is 0. The van der Waals surface area contributed by atoms with E-state index < -0.39 is 0 Å². The van der Waals surface area contributed by atoms with E-state index in [-0.39, 0.29) is 18.1 Å². The summed E-state index contributed by atoms with van der Waals surface area (Å²) in [6.45, 7) is 5.54. The Morgan fingerprint density at radius 3 is 2.38 bits per heavy atom. The maximum Gasteiger partial charge on any atom is 0.317 e. The molecule has 2 atom stereocenters. The standard InChI is InChI=1S/C29H43N7O/c1-21-26(32-29(37)34(2)3)9-6-16-36(21)28-20-30-19-27(33-28)31-24-12-10-22(11-13-24)23-14-17-35(18-15-23)25-7-4-5-8-25/h10-13,19-21,23,25-26H,4-9,14-18H2,1-3H3,(H,31,33)(H,32,37)/t21-,26-/m1/s1. The summed E-state index contributed by atoms with van der Waals surface area (Å²) in [6, 6.07) is 9.91. The first kappa shape index (κ1) is 25.8. The van der Waals surface area contributed by atoms with Crippen LogP contribution < -0.4 is 15.5 Å². The van der Waals surface area contributed by atoms with Gasteiger partial charge < -0.3 is 25.3 Å². The van der Waals surface area contributed by atoms with Crippen LogP contribution in [0.5, 0.6) is 0 Å². The second-order valence-electron chi connectivity index (χ2n) is 11.3. The Morgan fingerprint density at radius 1 is 0.946 bits per heavy atom. The molecule has 37 heavy (non-hydrogen) atoms. The van der Waals surface area contributed by atoms with Crippen LogP contribution in [-0.4, -0.2) is 77.7 Å². The molecule has 200 valence electrons. The number of anilines is 3. The van der Waals surface area contributed by atoms with Crippen molar-refractivity contribution in [2.75, 3.05) is 43.9 Å². The summed E-state index contributed by atoms with van der Waals surface area (Å²) in [5.41, 5.74) is 2.48. The van der Waals surface area contributed by atoms with Gasteiger partial charge in [0.25, 0.3) is 0 Å². The van der Waals surface area contributed by atoms with Crippen LogP contribution >= 0.6 is 0 Å². The van der Waals surface area contributed by atoms with Gasteiger partial charge in [-0.3, -0.25) is 4.98 Å². The predicted molar refractivity (Wildman–Crippen MR) is 150 cm³/mol. The third kappa shape index (κ3) is 6.17. The lowest BCUT2D eigenvalue weighted by Crippen LogP contribution is -2.56. The molecule has 0 unspecified atom stereocenters. The fourth-order valence-electron chi connectivity index (χ4n) is 6.36. The molecular formula is C29H43N7O. The zero-order valence-corrected chi connectivity index (χ0v) is 22.7. The highest BCUT2D eigenvalue weighted by Gasteiger charge is 2.31. The van der Waals surface area contributed by atoms with Crippen LogP contribution in [-0.2, 0) is 0 Å². The third-order valence-corrected chi connectivity index (χ3v) is 8.64. The Bertz CT molecular complexity index is 1030. The van der Waals surface area contributed by atoms with Crippen LogP contribution in [0.2, 0.25) is 0 Å². The van der Waals surface area contributed by atoms with E-state index in [1.165, 1.54) is 57.2 Å². The molecule has 3 fully saturated rings. The van der Waals surface area contributed by atoms with E-state index in [1.54, 1.807) is 25.2 Å². The van der Waals surface area contributed by atoms with Crippen molar-refractivity contribution < 1.29 is 4.79 Å². The van der Waals surface area contributed by atoms with Gasteiger partial charge in [-0.25, -0.2) is 9.78 Å². The number of nitrogens with zero attached hydrogens (tertiary/aromatic N) is 5. The summed E-state index contributed by atoms with van der Waals surface area (Å²) in [5.74, 6) is 2.24. The van der Waals surface area contributed by atoms with Gasteiger partial charge in [0.2, 0.25) is 0 Å². The van der Waals surface area contributed by atoms with Gasteiger partial charge in [-0.15, -0.1) is 0 Å². The van der Waals surface area contributed by atoms with E-state index >= 15 is 0 Å². The number of aromatic nitrogens is 2. The first-order valence-electron chi connectivity index (χ1n) is 14.2. The third-order valence-electron chi connectivity index (χ3n) is 8.64. The Kier molecular flexibility index (Phi) is 8.13. The van der Waals surface area contributed by atoms with Gasteiger partial charge in [0.05, 0.1) is 18.4 Å². The van der Waals surface area contributed by atoms with Crippen LogP contribution in [0.25, 0.3) is 0 Å². The second kappa shape index (κ2) is 11.7. The molecule has 2 aliphatic heterocycles. The van der Waals surface area contributed by atoms with Gasteiger partial charge >= 0.3 is 6.03 Å². The van der Waals surface area contributed by atoms with Crippen molar-refractivity contribution in [3.05, 3.63) is 42.2 Å². The highest BCUT2D eigenvalue weighted by Crippen LogP contribution is 2.33. The molecule has 2 amide bonds. The number of hydrogen-bond donors (Lipinski definition) is 2. The molecule has 8 heteroatoms. The monoisotopic (exact) mass is 505 g/mol. The zero-order valence-electron chi connectivity index (χ0n) is 22.7. The first-order valence-corrected chi connectivity index (χ1v) is 14.2. The van der Waals surface area contributed by atoms with Gasteiger partial charge in [0, 0.05) is 38.4 Å². The van der Waals surface area contributed by atoms with Crippen LogP contribution in [0.4, 0.5) is 22.1 Å². The highest BCUT2D eigenvalue weighted by atomic mass is 16.2. The molecule has 3 heterocycles. The smallest absolute Gasteiger partial charge is 0.317 e. The maximum atomic E-state index is 12.2. The molecule has 2 N–H and O–H groups in total. The van der Waals surface area contributed by atoms with Crippen LogP contribution in [0.1, 0.15) is 69.8 Å². The number of amides is 2. The fourth-order valence-corrected chi connectivity index (χ4v) is 6.36. The molecule has 1 saturated carbocycles. The number of carbonyl (C=O) groups excluding carboxylic acids is 1. The summed E-state index contributed by atoms with van der Waals surface area (Å²) in [5, 5.41) is 6.60. The fraction of sp³-hybridized carbons (Fsp3) is 0.621. The molecule has 2 aromatic rings. The minimum absolute atomic E-state index is 0.0528. The Morgan fingerprint density at radius 2 is 1.68 bits per heavy atom. The Labute approximate surface area is 221 Å². The topological polar surface area (TPSA) is 76.6 Å². The minimum Gasteiger partial charge on any atom is -0.351 e. The molecule has 0 radical (unpaired) electrons. The molecule has 0 spiro atoms. The van der Waals surface area contributed by atoms with Crippen molar-refractivity contribution >= 4 is 23.4 Å². The van der Waals surface area contributed by atoms with E-state index in [0.29, 0.717) is 5.92 Å².